The molecule has 1 aliphatic rings. The number of nitrogens with zero attached hydrogens (tertiary/aromatic N) is 1. The van der Waals surface area contributed by atoms with Crippen LogP contribution < -0.4 is 5.73 Å². The first-order valence-corrected chi connectivity index (χ1v) is 7.26. The van der Waals surface area contributed by atoms with Gasteiger partial charge in [-0.25, -0.2) is 0 Å². The standard InChI is InChI=1S/C15H23ClN2O2/c1-10(17)15(11-6-4-5-7-12(11)16)18-8-13(19-2)14(9-18)20-3/h4-7,10,13-15H,8-9,17H2,1-3H3. The minimum atomic E-state index is -0.0250. The van der Waals surface area contributed by atoms with Crippen molar-refractivity contribution in [2.75, 3.05) is 27.3 Å². The second kappa shape index (κ2) is 6.87. The number of halogens is 1. The monoisotopic (exact) mass is 298 g/mol. The first-order valence-electron chi connectivity index (χ1n) is 6.88. The maximum Gasteiger partial charge on any atom is 0.0972 e. The Balaban J connectivity index is 2.25. The van der Waals surface area contributed by atoms with Crippen LogP contribution in [0, 0.1) is 0 Å². The topological polar surface area (TPSA) is 47.7 Å². The third-order valence-electron chi connectivity index (χ3n) is 3.96. The Morgan fingerprint density at radius 3 is 2.20 bits per heavy atom. The van der Waals surface area contributed by atoms with Gasteiger partial charge >= 0.3 is 0 Å². The summed E-state index contributed by atoms with van der Waals surface area (Å²) in [5.74, 6) is 0. The highest BCUT2D eigenvalue weighted by Crippen LogP contribution is 2.33. The number of hydrogen-bond donors (Lipinski definition) is 1. The van der Waals surface area contributed by atoms with E-state index in [2.05, 4.69) is 4.90 Å². The molecule has 112 valence electrons. The van der Waals surface area contributed by atoms with E-state index in [9.17, 15) is 0 Å². The summed E-state index contributed by atoms with van der Waals surface area (Å²) >= 11 is 6.34. The predicted molar refractivity (Wildman–Crippen MR) is 81.0 cm³/mol. The van der Waals surface area contributed by atoms with Crippen LogP contribution in [0.2, 0.25) is 5.02 Å². The normalized spacial score (nSPS) is 26.6. The molecule has 0 radical (unpaired) electrons. The highest BCUT2D eigenvalue weighted by Gasteiger charge is 2.38. The van der Waals surface area contributed by atoms with Crippen LogP contribution in [0.25, 0.3) is 0 Å². The molecule has 4 nitrogen and oxygen atoms in total. The van der Waals surface area contributed by atoms with Crippen LogP contribution in [-0.2, 0) is 9.47 Å². The number of rotatable bonds is 5. The van der Waals surface area contributed by atoms with E-state index in [-0.39, 0.29) is 24.3 Å². The van der Waals surface area contributed by atoms with Gasteiger partial charge in [-0.2, -0.15) is 0 Å². The van der Waals surface area contributed by atoms with Crippen molar-refractivity contribution in [1.82, 2.24) is 4.90 Å². The molecule has 0 amide bonds. The molecule has 1 fully saturated rings. The van der Waals surface area contributed by atoms with Gasteiger partial charge in [-0.1, -0.05) is 29.8 Å². The summed E-state index contributed by atoms with van der Waals surface area (Å²) < 4.78 is 11.0. The van der Waals surface area contributed by atoms with Crippen molar-refractivity contribution in [3.8, 4) is 0 Å². The van der Waals surface area contributed by atoms with Crippen molar-refractivity contribution in [2.45, 2.75) is 31.2 Å². The summed E-state index contributed by atoms with van der Waals surface area (Å²) in [5.41, 5.74) is 7.27. The third kappa shape index (κ3) is 3.15. The molecular formula is C15H23ClN2O2. The molecule has 4 unspecified atom stereocenters. The molecule has 2 N–H and O–H groups in total. The molecule has 0 spiro atoms. The smallest absolute Gasteiger partial charge is 0.0972 e. The Morgan fingerprint density at radius 2 is 1.75 bits per heavy atom. The SMILES string of the molecule is COC1CN(C(c2ccccc2Cl)C(C)N)CC1OC. The maximum atomic E-state index is 6.34. The maximum absolute atomic E-state index is 6.34. The Morgan fingerprint density at radius 1 is 1.20 bits per heavy atom. The van der Waals surface area contributed by atoms with Crippen LogP contribution >= 0.6 is 11.6 Å². The fourth-order valence-electron chi connectivity index (χ4n) is 2.98. The minimum absolute atomic E-state index is 0.0250. The molecule has 0 bridgehead atoms. The van der Waals surface area contributed by atoms with Gasteiger partial charge in [0.2, 0.25) is 0 Å². The molecule has 4 atom stereocenters. The lowest BCUT2D eigenvalue weighted by Crippen LogP contribution is -2.39. The fraction of sp³-hybridized carbons (Fsp3) is 0.600. The summed E-state index contributed by atoms with van der Waals surface area (Å²) in [6, 6.07) is 7.92. The predicted octanol–water partition coefficient (Wildman–Crippen LogP) is 2.07. The Labute approximate surface area is 125 Å². The van der Waals surface area contributed by atoms with Crippen LogP contribution in [0.3, 0.4) is 0 Å². The molecule has 1 heterocycles. The van der Waals surface area contributed by atoms with Gasteiger partial charge in [-0.05, 0) is 18.6 Å². The number of likely N-dealkylation sites (tertiary alicyclic amines) is 1. The quantitative estimate of drug-likeness (QED) is 0.904. The lowest BCUT2D eigenvalue weighted by atomic mass is 9.99. The fourth-order valence-corrected chi connectivity index (χ4v) is 3.23. The van der Waals surface area contributed by atoms with E-state index in [1.807, 2.05) is 31.2 Å². The summed E-state index contributed by atoms with van der Waals surface area (Å²) in [7, 11) is 3.44. The van der Waals surface area contributed by atoms with E-state index >= 15 is 0 Å². The molecule has 0 aliphatic carbocycles. The van der Waals surface area contributed by atoms with E-state index in [4.69, 9.17) is 26.8 Å². The van der Waals surface area contributed by atoms with E-state index < -0.39 is 0 Å². The summed E-state index contributed by atoms with van der Waals surface area (Å²) in [5, 5.41) is 0.754. The van der Waals surface area contributed by atoms with E-state index in [0.29, 0.717) is 0 Å². The first-order chi connectivity index (χ1) is 9.58. The average molecular weight is 299 g/mol. The van der Waals surface area contributed by atoms with Crippen molar-refractivity contribution in [3.63, 3.8) is 0 Å². The van der Waals surface area contributed by atoms with Gasteiger partial charge in [-0.3, -0.25) is 4.90 Å². The number of benzene rings is 1. The first kappa shape index (κ1) is 15.7. The van der Waals surface area contributed by atoms with Crippen LogP contribution in [0.15, 0.2) is 24.3 Å². The van der Waals surface area contributed by atoms with E-state index in [1.54, 1.807) is 14.2 Å². The number of nitrogens with two attached hydrogens (primary N) is 1. The highest BCUT2D eigenvalue weighted by atomic mass is 35.5. The Bertz CT molecular complexity index is 430. The highest BCUT2D eigenvalue weighted by molar-refractivity contribution is 6.31. The zero-order chi connectivity index (χ0) is 14.7. The van der Waals surface area contributed by atoms with Gasteiger partial charge in [0, 0.05) is 38.4 Å². The number of methoxy groups -OCH3 is 2. The molecule has 5 heteroatoms. The Hall–Kier alpha value is -0.650. The molecule has 0 saturated carbocycles. The number of ether oxygens (including phenoxy) is 2. The zero-order valence-corrected chi connectivity index (χ0v) is 13.0. The van der Waals surface area contributed by atoms with Crippen molar-refractivity contribution in [1.29, 1.82) is 0 Å². The summed E-state index contributed by atoms with van der Waals surface area (Å²) in [4.78, 5) is 2.30. The van der Waals surface area contributed by atoms with Crippen molar-refractivity contribution < 1.29 is 9.47 Å². The summed E-state index contributed by atoms with van der Waals surface area (Å²) in [6.45, 7) is 3.61. The molecule has 1 aromatic carbocycles. The largest absolute Gasteiger partial charge is 0.377 e. The second-order valence-corrected chi connectivity index (χ2v) is 5.73. The summed E-state index contributed by atoms with van der Waals surface area (Å²) in [6.07, 6.45) is 0.146. The molecule has 2 rings (SSSR count). The van der Waals surface area contributed by atoms with Gasteiger partial charge < -0.3 is 15.2 Å². The van der Waals surface area contributed by atoms with Gasteiger partial charge in [0.25, 0.3) is 0 Å². The number of hydrogen-bond acceptors (Lipinski definition) is 4. The lowest BCUT2D eigenvalue weighted by Gasteiger charge is -2.31. The van der Waals surface area contributed by atoms with Crippen LogP contribution in [-0.4, -0.2) is 50.5 Å². The minimum Gasteiger partial charge on any atom is -0.377 e. The van der Waals surface area contributed by atoms with Gasteiger partial charge in [0.1, 0.15) is 0 Å². The van der Waals surface area contributed by atoms with Gasteiger partial charge in [0.15, 0.2) is 0 Å². The van der Waals surface area contributed by atoms with E-state index in [1.165, 1.54) is 0 Å². The molecule has 1 aliphatic heterocycles. The Kier molecular flexibility index (Phi) is 5.41. The molecule has 0 aromatic heterocycles. The van der Waals surface area contributed by atoms with E-state index in [0.717, 1.165) is 23.7 Å². The van der Waals surface area contributed by atoms with Crippen LogP contribution in [0.1, 0.15) is 18.5 Å². The zero-order valence-electron chi connectivity index (χ0n) is 12.3. The molecule has 1 aromatic rings. The van der Waals surface area contributed by atoms with Crippen molar-refractivity contribution >= 4 is 11.6 Å². The van der Waals surface area contributed by atoms with Crippen molar-refractivity contribution in [3.05, 3.63) is 34.9 Å². The molecular weight excluding hydrogens is 276 g/mol. The molecule has 1 saturated heterocycles. The average Bonchev–Trinajstić information content (AvgIpc) is 2.84. The third-order valence-corrected chi connectivity index (χ3v) is 4.31. The molecule has 20 heavy (non-hydrogen) atoms. The van der Waals surface area contributed by atoms with Crippen LogP contribution in [0.5, 0.6) is 0 Å². The van der Waals surface area contributed by atoms with Gasteiger partial charge in [0.05, 0.1) is 18.2 Å². The second-order valence-electron chi connectivity index (χ2n) is 5.33. The lowest BCUT2D eigenvalue weighted by molar-refractivity contribution is -0.00461. The van der Waals surface area contributed by atoms with Crippen LogP contribution in [0.4, 0.5) is 0 Å². The van der Waals surface area contributed by atoms with Gasteiger partial charge in [-0.15, -0.1) is 0 Å². The van der Waals surface area contributed by atoms with Crippen molar-refractivity contribution in [2.24, 2.45) is 5.73 Å².